The fourth-order valence-corrected chi connectivity index (χ4v) is 4.14. The van der Waals surface area contributed by atoms with Gasteiger partial charge < -0.3 is 19.1 Å². The Hall–Kier alpha value is -2.09. The first-order chi connectivity index (χ1) is 16.0. The van der Waals surface area contributed by atoms with Gasteiger partial charge in [0.25, 0.3) is 0 Å². The summed E-state index contributed by atoms with van der Waals surface area (Å²) in [6, 6.07) is 21.6. The fourth-order valence-electron chi connectivity index (χ4n) is 3.13. The van der Waals surface area contributed by atoms with Crippen LogP contribution in [-0.2, 0) is 15.8 Å². The fraction of sp³-hybridized carbons (Fsp3) is 0.308. The highest BCUT2D eigenvalue weighted by Gasteiger charge is 2.17. The van der Waals surface area contributed by atoms with Crippen LogP contribution in [0.25, 0.3) is 0 Å². The van der Waals surface area contributed by atoms with Gasteiger partial charge in [-0.1, -0.05) is 47.5 Å². The standard InChI is InChI=1S/C20H28N2O.C6H4Cl2O2S/c1-15(2)23-20(16-7-11-18(12-8-16)21(3)4)17-9-13-19(14-10-17)22(5)6;7-4-1-2-5(8)6(3-4)11(9)10/h7-15,20H,1-6H3;1-3H,(H,9,10). The molecule has 0 saturated carbocycles. The average Bonchev–Trinajstić information content (AvgIpc) is 2.79. The van der Waals surface area contributed by atoms with Crippen LogP contribution < -0.4 is 9.80 Å². The van der Waals surface area contributed by atoms with Crippen molar-refractivity contribution in [2.24, 2.45) is 0 Å². The van der Waals surface area contributed by atoms with Crippen LogP contribution in [0.3, 0.4) is 0 Å². The molecule has 0 bridgehead atoms. The van der Waals surface area contributed by atoms with E-state index in [1.54, 1.807) is 6.07 Å². The van der Waals surface area contributed by atoms with Crippen LogP contribution in [-0.4, -0.2) is 43.1 Å². The van der Waals surface area contributed by atoms with Crippen LogP contribution in [0.5, 0.6) is 0 Å². The third-order valence-electron chi connectivity index (χ3n) is 4.91. The molecule has 0 aliphatic rings. The second-order valence-electron chi connectivity index (χ2n) is 8.36. The molecule has 3 aromatic carbocycles. The van der Waals surface area contributed by atoms with Crippen LogP contribution in [0.15, 0.2) is 71.6 Å². The number of anilines is 2. The molecule has 34 heavy (non-hydrogen) atoms. The van der Waals surface area contributed by atoms with E-state index in [-0.39, 0.29) is 22.1 Å². The van der Waals surface area contributed by atoms with Crippen LogP contribution in [0.2, 0.25) is 10.0 Å². The lowest BCUT2D eigenvalue weighted by Crippen LogP contribution is -2.13. The van der Waals surface area contributed by atoms with E-state index < -0.39 is 11.1 Å². The maximum atomic E-state index is 10.5. The van der Waals surface area contributed by atoms with Gasteiger partial charge in [0.2, 0.25) is 0 Å². The Balaban J connectivity index is 0.000000310. The van der Waals surface area contributed by atoms with Gasteiger partial charge in [0.15, 0.2) is 11.1 Å². The lowest BCUT2D eigenvalue weighted by atomic mass is 10.00. The van der Waals surface area contributed by atoms with Crippen molar-refractivity contribution in [2.75, 3.05) is 38.0 Å². The number of benzene rings is 3. The summed E-state index contributed by atoms with van der Waals surface area (Å²) in [7, 11) is 8.21. The molecule has 0 aliphatic carbocycles. The van der Waals surface area contributed by atoms with Gasteiger partial charge >= 0.3 is 0 Å². The zero-order valence-corrected chi connectivity index (χ0v) is 22.7. The molecule has 0 amide bonds. The lowest BCUT2D eigenvalue weighted by molar-refractivity contribution is 0.0304. The van der Waals surface area contributed by atoms with Gasteiger partial charge in [0.05, 0.1) is 16.0 Å². The van der Waals surface area contributed by atoms with E-state index in [9.17, 15) is 4.21 Å². The first kappa shape index (κ1) is 28.1. The predicted octanol–water partition coefficient (Wildman–Crippen LogP) is 6.91. The molecule has 0 saturated heterocycles. The molecule has 1 atom stereocenters. The largest absolute Gasteiger partial charge is 0.378 e. The number of halogens is 2. The summed E-state index contributed by atoms with van der Waals surface area (Å²) in [5, 5.41) is 0.641. The summed E-state index contributed by atoms with van der Waals surface area (Å²) in [4.78, 5) is 4.35. The molecule has 0 aromatic heterocycles. The number of ether oxygens (including phenoxy) is 1. The molecule has 3 rings (SSSR count). The Morgan fingerprint density at radius 3 is 1.56 bits per heavy atom. The predicted molar refractivity (Wildman–Crippen MR) is 145 cm³/mol. The number of rotatable bonds is 7. The van der Waals surface area contributed by atoms with Crippen molar-refractivity contribution >= 4 is 45.7 Å². The lowest BCUT2D eigenvalue weighted by Gasteiger charge is -2.23. The van der Waals surface area contributed by atoms with Gasteiger partial charge in [-0.05, 0) is 67.4 Å². The van der Waals surface area contributed by atoms with Crippen LogP contribution in [0, 0.1) is 0 Å². The van der Waals surface area contributed by atoms with Gasteiger partial charge in [0, 0.05) is 44.6 Å². The Bertz CT molecular complexity index is 1020. The highest BCUT2D eigenvalue weighted by molar-refractivity contribution is 7.79. The third kappa shape index (κ3) is 8.29. The van der Waals surface area contributed by atoms with Gasteiger partial charge in [0.1, 0.15) is 6.10 Å². The topological polar surface area (TPSA) is 53.0 Å². The molecule has 0 spiro atoms. The molecular weight excluding hydrogens is 491 g/mol. The Morgan fingerprint density at radius 1 is 0.794 bits per heavy atom. The first-order valence-electron chi connectivity index (χ1n) is 10.8. The molecule has 0 heterocycles. The van der Waals surface area contributed by atoms with E-state index in [1.807, 2.05) is 0 Å². The third-order valence-corrected chi connectivity index (χ3v) is 6.30. The number of hydrogen-bond donors (Lipinski definition) is 1. The zero-order valence-electron chi connectivity index (χ0n) is 20.3. The van der Waals surface area contributed by atoms with Crippen LogP contribution in [0.1, 0.15) is 31.1 Å². The van der Waals surface area contributed by atoms with E-state index in [0.717, 1.165) is 0 Å². The minimum Gasteiger partial charge on any atom is -0.378 e. The van der Waals surface area contributed by atoms with E-state index in [2.05, 4.69) is 100 Å². The zero-order chi connectivity index (χ0) is 25.4. The van der Waals surface area contributed by atoms with Crippen molar-refractivity contribution in [2.45, 2.75) is 31.0 Å². The summed E-state index contributed by atoms with van der Waals surface area (Å²) >= 11 is 9.07. The number of nitrogens with zero attached hydrogens (tertiary/aromatic N) is 2. The first-order valence-corrected chi connectivity index (χ1v) is 12.6. The van der Waals surface area contributed by atoms with Crippen molar-refractivity contribution in [1.82, 2.24) is 0 Å². The molecular formula is C26H32Cl2N2O3S. The average molecular weight is 524 g/mol. The molecule has 8 heteroatoms. The highest BCUT2D eigenvalue weighted by Crippen LogP contribution is 2.30. The smallest absolute Gasteiger partial charge is 0.188 e. The molecule has 3 aromatic rings. The van der Waals surface area contributed by atoms with Crippen molar-refractivity contribution in [3.63, 3.8) is 0 Å². The molecule has 184 valence electrons. The van der Waals surface area contributed by atoms with Gasteiger partial charge in [-0.2, -0.15) is 0 Å². The minimum absolute atomic E-state index is 0.0394. The SMILES string of the molecule is CC(C)OC(c1ccc(N(C)C)cc1)c1ccc(N(C)C)cc1.O=S(O)c1cc(Cl)ccc1Cl. The Kier molecular flexibility index (Phi) is 10.9. The van der Waals surface area contributed by atoms with E-state index in [1.165, 1.54) is 34.6 Å². The molecule has 1 N–H and O–H groups in total. The molecule has 1 unspecified atom stereocenters. The van der Waals surface area contributed by atoms with Gasteiger partial charge in [-0.25, -0.2) is 4.21 Å². The van der Waals surface area contributed by atoms with Crippen molar-refractivity contribution in [3.8, 4) is 0 Å². The monoisotopic (exact) mass is 522 g/mol. The second kappa shape index (κ2) is 13.1. The highest BCUT2D eigenvalue weighted by atomic mass is 35.5. The minimum atomic E-state index is -2.07. The molecule has 0 radical (unpaired) electrons. The van der Waals surface area contributed by atoms with E-state index >= 15 is 0 Å². The summed E-state index contributed by atoms with van der Waals surface area (Å²) in [6.45, 7) is 4.16. The Labute approximate surface area is 215 Å². The summed E-state index contributed by atoms with van der Waals surface area (Å²) < 4.78 is 25.4. The number of hydrogen-bond acceptors (Lipinski definition) is 4. The summed E-state index contributed by atoms with van der Waals surface area (Å²) in [6.07, 6.45) is 0.129. The normalized spacial score (nSPS) is 11.7. The molecule has 5 nitrogen and oxygen atoms in total. The van der Waals surface area contributed by atoms with Crippen LogP contribution >= 0.6 is 23.2 Å². The van der Waals surface area contributed by atoms with Crippen LogP contribution in [0.4, 0.5) is 11.4 Å². The summed E-state index contributed by atoms with van der Waals surface area (Å²) in [5.41, 5.74) is 4.75. The van der Waals surface area contributed by atoms with Gasteiger partial charge in [-0.15, -0.1) is 0 Å². The maximum absolute atomic E-state index is 10.5. The quantitative estimate of drug-likeness (QED) is 0.341. The van der Waals surface area contributed by atoms with Crippen molar-refractivity contribution in [1.29, 1.82) is 0 Å². The van der Waals surface area contributed by atoms with Gasteiger partial charge in [-0.3, -0.25) is 0 Å². The second-order valence-corrected chi connectivity index (χ2v) is 10.1. The Morgan fingerprint density at radius 2 is 1.24 bits per heavy atom. The molecule has 0 aliphatic heterocycles. The van der Waals surface area contributed by atoms with Crippen molar-refractivity contribution < 1.29 is 13.5 Å². The molecule has 0 fully saturated rings. The van der Waals surface area contributed by atoms with E-state index in [4.69, 9.17) is 32.5 Å². The summed E-state index contributed by atoms with van der Waals surface area (Å²) in [5.74, 6) is 0. The van der Waals surface area contributed by atoms with Crippen molar-refractivity contribution in [3.05, 3.63) is 87.9 Å². The van der Waals surface area contributed by atoms with E-state index in [0.29, 0.717) is 5.02 Å². The maximum Gasteiger partial charge on any atom is 0.188 e.